The number of carbonyl (C=O) groups excluding carboxylic acids is 2. The number of ketones is 1. The number of ether oxygens (including phenoxy) is 1. The molecule has 240 valence electrons. The molecular weight excluding hydrogens is 554 g/mol. The van der Waals surface area contributed by atoms with E-state index in [1.54, 1.807) is 0 Å². The lowest BCUT2D eigenvalue weighted by molar-refractivity contribution is -0.141. The normalized spacial score (nSPS) is 39.4. The first-order valence-electron chi connectivity index (χ1n) is 17.7. The molecule has 4 nitrogen and oxygen atoms in total. The van der Waals surface area contributed by atoms with Crippen LogP contribution in [0.5, 0.6) is 0 Å². The predicted molar refractivity (Wildman–Crippen MR) is 180 cm³/mol. The van der Waals surface area contributed by atoms with Crippen molar-refractivity contribution in [3.05, 3.63) is 82.2 Å². The third kappa shape index (κ3) is 4.51. The molecule has 0 unspecified atom stereocenters. The molecule has 4 fully saturated rings. The van der Waals surface area contributed by atoms with Crippen LogP contribution >= 0.6 is 0 Å². The van der Waals surface area contributed by atoms with Gasteiger partial charge < -0.3 is 9.64 Å². The van der Waals surface area contributed by atoms with Gasteiger partial charge in [0.05, 0.1) is 0 Å². The number of benzene rings is 1. The van der Waals surface area contributed by atoms with E-state index in [2.05, 4.69) is 58.6 Å². The lowest BCUT2D eigenvalue weighted by atomic mass is 9.36. The molecule has 6 aliphatic rings. The van der Waals surface area contributed by atoms with Gasteiger partial charge in [-0.15, -0.1) is 0 Å². The first kappa shape index (κ1) is 30.8. The predicted octanol–water partition coefficient (Wildman–Crippen LogP) is 9.28. The highest BCUT2D eigenvalue weighted by Crippen LogP contribution is 2.74. The van der Waals surface area contributed by atoms with Crippen LogP contribution in [0, 0.1) is 33.0 Å². The summed E-state index contributed by atoms with van der Waals surface area (Å²) >= 11 is 0. The van der Waals surface area contributed by atoms with Gasteiger partial charge >= 0.3 is 0 Å². The van der Waals surface area contributed by atoms with Crippen molar-refractivity contribution in [1.82, 2.24) is 4.90 Å². The number of hydrogen-bond donors (Lipinski definition) is 0. The van der Waals surface area contributed by atoms with Gasteiger partial charge in [0.15, 0.2) is 5.76 Å². The van der Waals surface area contributed by atoms with Gasteiger partial charge in [-0.2, -0.15) is 0 Å². The Balaban J connectivity index is 1.20. The van der Waals surface area contributed by atoms with E-state index in [4.69, 9.17) is 4.74 Å². The van der Waals surface area contributed by atoms with Gasteiger partial charge in [-0.3, -0.25) is 9.59 Å². The minimum atomic E-state index is -0.236. The number of allylic oxidation sites excluding steroid dienone is 7. The van der Waals surface area contributed by atoms with Crippen LogP contribution in [0.4, 0.5) is 0 Å². The molecule has 1 aromatic carbocycles. The number of amides is 1. The smallest absolute Gasteiger partial charge is 0.228 e. The zero-order valence-electron chi connectivity index (χ0n) is 28.6. The highest BCUT2D eigenvalue weighted by atomic mass is 16.5. The average molecular weight is 608 g/mol. The number of nitrogens with zero attached hydrogens (tertiary/aromatic N) is 1. The molecule has 0 bridgehead atoms. The molecule has 1 heterocycles. The van der Waals surface area contributed by atoms with Crippen molar-refractivity contribution in [2.24, 2.45) is 33.0 Å². The maximum Gasteiger partial charge on any atom is 0.228 e. The monoisotopic (exact) mass is 607 g/mol. The van der Waals surface area contributed by atoms with Crippen molar-refractivity contribution >= 4 is 11.7 Å². The minimum absolute atomic E-state index is 0.00140. The number of hydrogen-bond acceptors (Lipinski definition) is 3. The van der Waals surface area contributed by atoms with Gasteiger partial charge in [0.25, 0.3) is 0 Å². The fourth-order valence-corrected chi connectivity index (χ4v) is 11.1. The van der Waals surface area contributed by atoms with Crippen LogP contribution in [0.15, 0.2) is 76.6 Å². The summed E-state index contributed by atoms with van der Waals surface area (Å²) in [7, 11) is 0. The summed E-state index contributed by atoms with van der Waals surface area (Å²) in [5.41, 5.74) is 5.95. The second kappa shape index (κ2) is 10.6. The van der Waals surface area contributed by atoms with Crippen molar-refractivity contribution in [3.63, 3.8) is 0 Å². The van der Waals surface area contributed by atoms with E-state index in [-0.39, 0.29) is 32.9 Å². The Morgan fingerprint density at radius 3 is 2.33 bits per heavy atom. The molecule has 6 atom stereocenters. The maximum absolute atomic E-state index is 13.8. The molecule has 3 saturated carbocycles. The molecule has 1 saturated heterocycles. The standard InChI is InChI=1S/C41H53NO3/c1-28-30-14-15-34-39(4,31(30)26-32(43)35(28)45-27-29-12-8-7-9-13-29)21-23-40(5)33-16-17-38(3,36(44)42-24-10-11-25-42)19-18-37(33,2)20-22-41(34,40)6/h7-9,12-15,26,33H,10-11,16-25,27H2,1-6H3/t33-,37+,38-,39-,40-,41+/m0/s1. The molecule has 1 aromatic rings. The zero-order valence-corrected chi connectivity index (χ0v) is 28.6. The van der Waals surface area contributed by atoms with Crippen LogP contribution in [-0.2, 0) is 20.9 Å². The van der Waals surface area contributed by atoms with Gasteiger partial charge in [0, 0.05) is 29.5 Å². The Hall–Kier alpha value is -2.88. The summed E-state index contributed by atoms with van der Waals surface area (Å²) in [6, 6.07) is 10.1. The molecular formula is C41H53NO3. The third-order valence-electron chi connectivity index (χ3n) is 14.3. The molecule has 1 amide bonds. The van der Waals surface area contributed by atoms with Gasteiger partial charge in [-0.05, 0) is 116 Å². The molecule has 1 aliphatic heterocycles. The average Bonchev–Trinajstić information content (AvgIpc) is 3.52. The SMILES string of the molecule is CC1=C(OCc2ccccc2)C(=O)C=C2C1=CC=C1[C@@]2(C)CC[C@@]2(C)[C@H]3CC[C@](C)(C(=O)N4CCCC4)CC[C@]3(C)CC[C@]12C. The van der Waals surface area contributed by atoms with Crippen LogP contribution < -0.4 is 0 Å². The molecule has 45 heavy (non-hydrogen) atoms. The Labute approximate surface area is 271 Å². The van der Waals surface area contributed by atoms with E-state index in [1.165, 1.54) is 29.6 Å². The van der Waals surface area contributed by atoms with Crippen molar-refractivity contribution in [3.8, 4) is 0 Å². The van der Waals surface area contributed by atoms with Crippen LogP contribution in [0.25, 0.3) is 0 Å². The maximum atomic E-state index is 13.8. The lowest BCUT2D eigenvalue weighted by Crippen LogP contribution is -2.59. The molecule has 5 aliphatic carbocycles. The fourth-order valence-electron chi connectivity index (χ4n) is 11.1. The Morgan fingerprint density at radius 1 is 0.889 bits per heavy atom. The summed E-state index contributed by atoms with van der Waals surface area (Å²) < 4.78 is 6.18. The minimum Gasteiger partial charge on any atom is -0.485 e. The number of fused-ring (bicyclic) bond motifs is 7. The van der Waals surface area contributed by atoms with Gasteiger partial charge in [-0.1, -0.05) is 82.7 Å². The second-order valence-corrected chi connectivity index (χ2v) is 16.7. The van der Waals surface area contributed by atoms with Crippen LogP contribution in [-0.4, -0.2) is 29.7 Å². The first-order valence-corrected chi connectivity index (χ1v) is 17.7. The van der Waals surface area contributed by atoms with Crippen molar-refractivity contribution in [1.29, 1.82) is 0 Å². The molecule has 0 aromatic heterocycles. The van der Waals surface area contributed by atoms with E-state index >= 15 is 0 Å². The lowest BCUT2D eigenvalue weighted by Gasteiger charge is -2.68. The Bertz CT molecular complexity index is 1540. The largest absolute Gasteiger partial charge is 0.485 e. The summed E-state index contributed by atoms with van der Waals surface area (Å²) in [6.45, 7) is 16.7. The molecule has 0 radical (unpaired) electrons. The Kier molecular flexibility index (Phi) is 7.23. The number of carbonyl (C=O) groups is 2. The highest BCUT2D eigenvalue weighted by Gasteiger charge is 2.66. The Morgan fingerprint density at radius 2 is 1.60 bits per heavy atom. The zero-order chi connectivity index (χ0) is 31.8. The summed E-state index contributed by atoms with van der Waals surface area (Å²) in [5, 5.41) is 0. The first-order chi connectivity index (χ1) is 21.3. The molecule has 0 spiro atoms. The van der Waals surface area contributed by atoms with Crippen molar-refractivity contribution in [2.45, 2.75) is 112 Å². The van der Waals surface area contributed by atoms with E-state index in [1.807, 2.05) is 36.4 Å². The van der Waals surface area contributed by atoms with Gasteiger partial charge in [0.2, 0.25) is 11.7 Å². The molecule has 7 rings (SSSR count). The number of rotatable bonds is 4. The van der Waals surface area contributed by atoms with Crippen molar-refractivity contribution in [2.75, 3.05) is 13.1 Å². The van der Waals surface area contributed by atoms with Gasteiger partial charge in [-0.25, -0.2) is 0 Å². The van der Waals surface area contributed by atoms with E-state index in [0.717, 1.165) is 75.6 Å². The third-order valence-corrected chi connectivity index (χ3v) is 14.3. The second-order valence-electron chi connectivity index (χ2n) is 16.7. The van der Waals surface area contributed by atoms with E-state index < -0.39 is 0 Å². The van der Waals surface area contributed by atoms with Crippen LogP contribution in [0.2, 0.25) is 0 Å². The topological polar surface area (TPSA) is 46.6 Å². The van der Waals surface area contributed by atoms with Crippen LogP contribution in [0.1, 0.15) is 111 Å². The van der Waals surface area contributed by atoms with Crippen molar-refractivity contribution < 1.29 is 14.3 Å². The summed E-state index contributed by atoms with van der Waals surface area (Å²) in [5.74, 6) is 1.48. The van der Waals surface area contributed by atoms with E-state index in [0.29, 0.717) is 24.2 Å². The van der Waals surface area contributed by atoms with E-state index in [9.17, 15) is 9.59 Å². The molecule has 0 N–H and O–H groups in total. The quantitative estimate of drug-likeness (QED) is 0.343. The van der Waals surface area contributed by atoms with Gasteiger partial charge in [0.1, 0.15) is 6.61 Å². The van der Waals surface area contributed by atoms with Crippen LogP contribution in [0.3, 0.4) is 0 Å². The molecule has 4 heteroatoms. The summed E-state index contributed by atoms with van der Waals surface area (Å²) in [6.07, 6.45) is 17.8. The summed E-state index contributed by atoms with van der Waals surface area (Å²) in [4.78, 5) is 29.7. The fraction of sp³-hybridized carbons (Fsp3) is 0.610. The number of likely N-dealkylation sites (tertiary alicyclic amines) is 1. The highest BCUT2D eigenvalue weighted by molar-refractivity contribution is 6.07.